The molecule has 1 aliphatic heterocycles. The molecular weight excluding hydrogens is 483 g/mol. The predicted octanol–water partition coefficient (Wildman–Crippen LogP) is 4.14. The van der Waals surface area contributed by atoms with Crippen LogP contribution in [-0.4, -0.2) is 21.6 Å². The monoisotopic (exact) mass is 503 g/mol. The molecule has 0 bridgehead atoms. The maximum atomic E-state index is 13.9. The molecule has 0 fully saturated rings. The zero-order chi connectivity index (χ0) is 25.4. The smallest absolute Gasteiger partial charge is 0.294 e. The van der Waals surface area contributed by atoms with E-state index in [1.54, 1.807) is 48.8 Å². The Labute approximate surface area is 210 Å². The van der Waals surface area contributed by atoms with E-state index in [2.05, 4.69) is 5.10 Å². The highest BCUT2D eigenvalue weighted by atomic mass is 35.5. The lowest BCUT2D eigenvalue weighted by molar-refractivity contribution is -0.576. The van der Waals surface area contributed by atoms with Crippen LogP contribution in [0.2, 0.25) is 5.02 Å². The number of H-pyrrole nitrogens is 1. The predicted molar refractivity (Wildman–Crippen MR) is 134 cm³/mol. The molecule has 0 radical (unpaired) electrons. The first kappa shape index (κ1) is 23.4. The van der Waals surface area contributed by atoms with Crippen molar-refractivity contribution in [2.45, 2.75) is 19.8 Å². The van der Waals surface area contributed by atoms with Gasteiger partial charge in [0.25, 0.3) is 17.2 Å². The van der Waals surface area contributed by atoms with Gasteiger partial charge in [-0.1, -0.05) is 37.1 Å². The van der Waals surface area contributed by atoms with Crippen LogP contribution < -0.4 is 15.0 Å². The summed E-state index contributed by atoms with van der Waals surface area (Å²) in [4.78, 5) is 42.4. The first-order valence-electron chi connectivity index (χ1n) is 11.4. The summed E-state index contributed by atoms with van der Waals surface area (Å²) in [6.45, 7) is 1.94. The van der Waals surface area contributed by atoms with Crippen LogP contribution in [-0.2, 0) is 16.0 Å². The highest BCUT2D eigenvalue weighted by Crippen LogP contribution is 2.34. The number of carbonyl (C=O) groups is 2. The minimum Gasteiger partial charge on any atom is -0.294 e. The van der Waals surface area contributed by atoms with Crippen molar-refractivity contribution in [1.29, 1.82) is 0 Å². The fraction of sp³-hybridized carbons (Fsp3) is 0.111. The van der Waals surface area contributed by atoms with Gasteiger partial charge in [0, 0.05) is 22.8 Å². The van der Waals surface area contributed by atoms with E-state index in [9.17, 15) is 18.8 Å². The second-order valence-electron chi connectivity index (χ2n) is 8.26. The standard InChI is InChI=1S/C27H20ClFN4O3/c1-2-7-21-22(26(35)33(30-21)19-12-10-18(29)11-13-19)23-24(31-14-4-3-5-15-31)27(36)32(25(23)34)20-9-6-8-17(28)16-20/h3-6,8-16H,2,7H2,1H3/p+1. The molecule has 0 atom stereocenters. The number of aryl methyl sites for hydroxylation is 1. The summed E-state index contributed by atoms with van der Waals surface area (Å²) in [6, 6.07) is 17.1. The van der Waals surface area contributed by atoms with Gasteiger partial charge in [-0.15, -0.1) is 0 Å². The molecule has 3 heterocycles. The van der Waals surface area contributed by atoms with Crippen LogP contribution in [0.3, 0.4) is 0 Å². The second-order valence-corrected chi connectivity index (χ2v) is 8.70. The zero-order valence-corrected chi connectivity index (χ0v) is 20.0. The van der Waals surface area contributed by atoms with Crippen LogP contribution in [0.15, 0.2) is 83.9 Å². The summed E-state index contributed by atoms with van der Waals surface area (Å²) >= 11 is 6.15. The number of carbonyl (C=O) groups excluding carboxylic acids is 2. The van der Waals surface area contributed by atoms with E-state index in [4.69, 9.17) is 11.6 Å². The number of aromatic nitrogens is 3. The summed E-state index contributed by atoms with van der Waals surface area (Å²) in [6.07, 6.45) is 4.42. The topological polar surface area (TPSA) is 79.1 Å². The summed E-state index contributed by atoms with van der Waals surface area (Å²) in [5.74, 6) is -1.65. The van der Waals surface area contributed by atoms with Gasteiger partial charge in [0.2, 0.25) is 0 Å². The number of hydrogen-bond acceptors (Lipinski definition) is 3. The largest absolute Gasteiger partial charge is 0.331 e. The van der Waals surface area contributed by atoms with Crippen molar-refractivity contribution >= 4 is 40.4 Å². The van der Waals surface area contributed by atoms with Crippen molar-refractivity contribution in [2.24, 2.45) is 0 Å². The third-order valence-electron chi connectivity index (χ3n) is 5.90. The number of anilines is 1. The van der Waals surface area contributed by atoms with Crippen molar-refractivity contribution in [3.8, 4) is 5.69 Å². The van der Waals surface area contributed by atoms with Crippen LogP contribution >= 0.6 is 11.6 Å². The lowest BCUT2D eigenvalue weighted by atomic mass is 10.0. The van der Waals surface area contributed by atoms with Crippen LogP contribution in [0.5, 0.6) is 0 Å². The van der Waals surface area contributed by atoms with Gasteiger partial charge in [-0.2, -0.15) is 4.57 Å². The van der Waals surface area contributed by atoms with E-state index in [1.807, 2.05) is 6.92 Å². The Kier molecular flexibility index (Phi) is 6.12. The minimum absolute atomic E-state index is 0.0123. The van der Waals surface area contributed by atoms with Gasteiger partial charge in [0.1, 0.15) is 11.4 Å². The maximum absolute atomic E-state index is 13.9. The van der Waals surface area contributed by atoms with E-state index < -0.39 is 23.2 Å². The van der Waals surface area contributed by atoms with Crippen LogP contribution in [0.4, 0.5) is 10.1 Å². The third-order valence-corrected chi connectivity index (χ3v) is 6.14. The molecule has 0 aliphatic carbocycles. The van der Waals surface area contributed by atoms with Crippen LogP contribution in [0, 0.1) is 5.82 Å². The molecule has 2 aromatic carbocycles. The molecule has 0 saturated carbocycles. The number of nitrogens with zero attached hydrogens (tertiary/aromatic N) is 3. The molecule has 9 heteroatoms. The zero-order valence-electron chi connectivity index (χ0n) is 19.2. The molecule has 0 spiro atoms. The summed E-state index contributed by atoms with van der Waals surface area (Å²) in [5, 5.41) is 3.43. The van der Waals surface area contributed by atoms with E-state index in [0.717, 1.165) is 4.90 Å². The van der Waals surface area contributed by atoms with Crippen molar-refractivity contribution in [3.05, 3.63) is 112 Å². The number of halogens is 2. The van der Waals surface area contributed by atoms with Gasteiger partial charge in [-0.05, 0) is 48.9 Å². The van der Waals surface area contributed by atoms with Crippen molar-refractivity contribution < 1.29 is 18.5 Å². The Bertz CT molecular complexity index is 1570. The fourth-order valence-corrected chi connectivity index (χ4v) is 4.51. The van der Waals surface area contributed by atoms with Gasteiger partial charge < -0.3 is 0 Å². The van der Waals surface area contributed by atoms with Gasteiger partial charge in [-0.3, -0.25) is 19.5 Å². The molecule has 180 valence electrons. The van der Waals surface area contributed by atoms with E-state index >= 15 is 0 Å². The molecule has 4 aromatic rings. The lowest BCUT2D eigenvalue weighted by Crippen LogP contribution is -2.39. The number of rotatable bonds is 6. The normalized spacial score (nSPS) is 13.7. The first-order chi connectivity index (χ1) is 17.4. The van der Waals surface area contributed by atoms with E-state index in [1.165, 1.54) is 39.6 Å². The molecule has 2 aromatic heterocycles. The molecule has 0 saturated heterocycles. The Balaban J connectivity index is 1.77. The number of nitrogens with one attached hydrogen (secondary N) is 1. The highest BCUT2D eigenvalue weighted by molar-refractivity contribution is 6.53. The Morgan fingerprint density at radius 2 is 1.64 bits per heavy atom. The number of amides is 2. The van der Waals surface area contributed by atoms with Crippen molar-refractivity contribution in [2.75, 3.05) is 4.90 Å². The molecule has 2 amide bonds. The fourth-order valence-electron chi connectivity index (χ4n) is 4.32. The van der Waals surface area contributed by atoms with E-state index in [0.29, 0.717) is 34.9 Å². The average molecular weight is 504 g/mol. The number of aromatic amines is 1. The number of benzene rings is 2. The van der Waals surface area contributed by atoms with Crippen LogP contribution in [0.1, 0.15) is 24.6 Å². The molecule has 1 N–H and O–H groups in total. The molecule has 7 nitrogen and oxygen atoms in total. The van der Waals surface area contributed by atoms with Crippen molar-refractivity contribution in [1.82, 2.24) is 9.78 Å². The lowest BCUT2D eigenvalue weighted by Gasteiger charge is -2.14. The minimum atomic E-state index is -0.631. The number of pyridine rings is 1. The maximum Gasteiger partial charge on any atom is 0.331 e. The third kappa shape index (κ3) is 3.95. The molecule has 0 unspecified atom stereocenters. The Hall–Kier alpha value is -4.30. The van der Waals surface area contributed by atoms with Gasteiger partial charge in [0.15, 0.2) is 12.4 Å². The van der Waals surface area contributed by atoms with Gasteiger partial charge in [0.05, 0.1) is 16.9 Å². The number of hydrogen-bond donors (Lipinski definition) is 1. The molecule has 36 heavy (non-hydrogen) atoms. The highest BCUT2D eigenvalue weighted by Gasteiger charge is 2.48. The van der Waals surface area contributed by atoms with Gasteiger partial charge in [-0.25, -0.2) is 14.0 Å². The van der Waals surface area contributed by atoms with E-state index in [-0.39, 0.29) is 16.8 Å². The second kappa shape index (κ2) is 9.39. The average Bonchev–Trinajstić information content (AvgIpc) is 3.32. The molecular formula is C27H21ClFN4O3+. The summed E-state index contributed by atoms with van der Waals surface area (Å²) in [5.41, 5.74) is 0.849. The van der Waals surface area contributed by atoms with Crippen molar-refractivity contribution in [3.63, 3.8) is 0 Å². The first-order valence-corrected chi connectivity index (χ1v) is 11.7. The Morgan fingerprint density at radius 1 is 0.917 bits per heavy atom. The SMILES string of the molecule is CCCc1[nH]n(-c2ccc(F)cc2)c(=O)c1C1=C([n+]2ccccc2)C(=O)N(c2cccc(Cl)c2)C1=O. The summed E-state index contributed by atoms with van der Waals surface area (Å²) < 4.78 is 16.3. The number of imide groups is 1. The quantitative estimate of drug-likeness (QED) is 0.317. The molecule has 5 rings (SSSR count). The molecule has 1 aliphatic rings. The summed E-state index contributed by atoms with van der Waals surface area (Å²) in [7, 11) is 0. The van der Waals surface area contributed by atoms with Crippen LogP contribution in [0.25, 0.3) is 17.0 Å². The van der Waals surface area contributed by atoms with Gasteiger partial charge >= 0.3 is 5.91 Å². The Morgan fingerprint density at radius 3 is 2.31 bits per heavy atom.